The lowest BCUT2D eigenvalue weighted by Crippen LogP contribution is -2.26. The van der Waals surface area contributed by atoms with E-state index in [-0.39, 0.29) is 16.4 Å². The highest BCUT2D eigenvalue weighted by atomic mass is 32.2. The molecule has 0 bridgehead atoms. The summed E-state index contributed by atoms with van der Waals surface area (Å²) in [5, 5.41) is 10.4. The third-order valence-corrected chi connectivity index (χ3v) is 5.78. The van der Waals surface area contributed by atoms with Crippen molar-refractivity contribution in [3.8, 4) is 0 Å². The van der Waals surface area contributed by atoms with Crippen molar-refractivity contribution in [3.63, 3.8) is 0 Å². The molecular formula is C18H18N4O3S. The molecule has 4 rings (SSSR count). The Labute approximate surface area is 150 Å². The fourth-order valence-electron chi connectivity index (χ4n) is 2.66. The average molecular weight is 370 g/mol. The standard InChI is InChI=1S/C18H18N4O3S/c23-18(21-15-6-7-17-14(8-15)11-19-22-17)13-2-1-3-16(9-13)26(24,25)20-10-12-4-5-12/h1-3,6-9,11-12,20H,4-5,10H2,(H,19,22)(H,21,23). The summed E-state index contributed by atoms with van der Waals surface area (Å²) in [6.45, 7) is 0.448. The molecule has 1 aliphatic carbocycles. The number of carbonyl (C=O) groups excluding carboxylic acids is 1. The average Bonchev–Trinajstić information content (AvgIpc) is 3.36. The summed E-state index contributed by atoms with van der Waals surface area (Å²) in [4.78, 5) is 12.6. The van der Waals surface area contributed by atoms with E-state index in [4.69, 9.17) is 0 Å². The third-order valence-electron chi connectivity index (χ3n) is 4.36. The molecule has 3 N–H and O–H groups in total. The number of amides is 1. The Morgan fingerprint density at radius 1 is 1.19 bits per heavy atom. The molecule has 1 amide bonds. The second-order valence-electron chi connectivity index (χ2n) is 6.45. The summed E-state index contributed by atoms with van der Waals surface area (Å²) in [5.74, 6) is 0.0705. The van der Waals surface area contributed by atoms with Crippen LogP contribution in [-0.2, 0) is 10.0 Å². The SMILES string of the molecule is O=C(Nc1ccc2[nH]ncc2c1)c1cccc(S(=O)(=O)NCC2CC2)c1. The molecule has 0 unspecified atom stereocenters. The number of H-pyrrole nitrogens is 1. The first-order valence-electron chi connectivity index (χ1n) is 8.35. The Morgan fingerprint density at radius 2 is 2.04 bits per heavy atom. The maximum atomic E-state index is 12.5. The molecule has 1 aromatic heterocycles. The highest BCUT2D eigenvalue weighted by Gasteiger charge is 2.24. The van der Waals surface area contributed by atoms with Crippen molar-refractivity contribution in [3.05, 3.63) is 54.2 Å². The zero-order valence-electron chi connectivity index (χ0n) is 13.9. The summed E-state index contributed by atoms with van der Waals surface area (Å²) in [7, 11) is -3.61. The highest BCUT2D eigenvalue weighted by Crippen LogP contribution is 2.28. The first-order valence-corrected chi connectivity index (χ1v) is 9.84. The largest absolute Gasteiger partial charge is 0.322 e. The quantitative estimate of drug-likeness (QED) is 0.620. The molecule has 0 saturated heterocycles. The number of sulfonamides is 1. The Balaban J connectivity index is 1.52. The number of nitrogens with one attached hydrogen (secondary N) is 3. The lowest BCUT2D eigenvalue weighted by molar-refractivity contribution is 0.102. The van der Waals surface area contributed by atoms with Crippen LogP contribution >= 0.6 is 0 Å². The van der Waals surface area contributed by atoms with Crippen LogP contribution < -0.4 is 10.0 Å². The van der Waals surface area contributed by atoms with Crippen LogP contribution in [0.25, 0.3) is 10.9 Å². The van der Waals surface area contributed by atoms with Crippen LogP contribution in [-0.4, -0.2) is 31.1 Å². The van der Waals surface area contributed by atoms with Crippen LogP contribution in [0.15, 0.2) is 53.6 Å². The summed E-state index contributed by atoms with van der Waals surface area (Å²) in [6, 6.07) is 11.4. The van der Waals surface area contributed by atoms with Gasteiger partial charge < -0.3 is 5.32 Å². The van der Waals surface area contributed by atoms with Gasteiger partial charge in [-0.3, -0.25) is 9.89 Å². The molecule has 2 aromatic carbocycles. The van der Waals surface area contributed by atoms with Gasteiger partial charge in [-0.1, -0.05) is 6.07 Å². The number of carbonyl (C=O) groups is 1. The lowest BCUT2D eigenvalue weighted by atomic mass is 10.2. The van der Waals surface area contributed by atoms with E-state index in [1.165, 1.54) is 12.1 Å². The van der Waals surface area contributed by atoms with Crippen LogP contribution in [0.3, 0.4) is 0 Å². The number of rotatable bonds is 6. The van der Waals surface area contributed by atoms with Crippen LogP contribution in [0.1, 0.15) is 23.2 Å². The maximum Gasteiger partial charge on any atom is 0.255 e. The van der Waals surface area contributed by atoms with Gasteiger partial charge in [0, 0.05) is 23.2 Å². The minimum Gasteiger partial charge on any atom is -0.322 e. The minimum atomic E-state index is -3.61. The summed E-state index contributed by atoms with van der Waals surface area (Å²) < 4.78 is 27.3. The number of aromatic nitrogens is 2. The number of hydrogen-bond donors (Lipinski definition) is 3. The van der Waals surface area contributed by atoms with E-state index in [9.17, 15) is 13.2 Å². The molecule has 8 heteroatoms. The first kappa shape index (κ1) is 16.7. The molecule has 134 valence electrons. The lowest BCUT2D eigenvalue weighted by Gasteiger charge is -2.09. The van der Waals surface area contributed by atoms with Crippen molar-refractivity contribution >= 4 is 32.5 Å². The Hall–Kier alpha value is -2.71. The Bertz CT molecular complexity index is 1070. The normalized spacial score (nSPS) is 14.5. The van der Waals surface area contributed by atoms with Crippen LogP contribution in [0.2, 0.25) is 0 Å². The highest BCUT2D eigenvalue weighted by molar-refractivity contribution is 7.89. The molecule has 1 fully saturated rings. The van der Waals surface area contributed by atoms with E-state index in [1.807, 2.05) is 6.07 Å². The molecule has 26 heavy (non-hydrogen) atoms. The van der Waals surface area contributed by atoms with Crippen molar-refractivity contribution in [2.24, 2.45) is 5.92 Å². The molecule has 1 saturated carbocycles. The van der Waals surface area contributed by atoms with E-state index in [2.05, 4.69) is 20.2 Å². The Kier molecular flexibility index (Phi) is 4.21. The summed E-state index contributed by atoms with van der Waals surface area (Å²) in [5.41, 5.74) is 1.77. The van der Waals surface area contributed by atoms with E-state index in [0.717, 1.165) is 23.7 Å². The molecule has 0 radical (unpaired) electrons. The summed E-state index contributed by atoms with van der Waals surface area (Å²) in [6.07, 6.45) is 3.79. The smallest absolute Gasteiger partial charge is 0.255 e. The molecule has 1 aliphatic rings. The number of benzene rings is 2. The van der Waals surface area contributed by atoms with Gasteiger partial charge in [-0.2, -0.15) is 5.10 Å². The molecule has 1 heterocycles. The summed E-state index contributed by atoms with van der Waals surface area (Å²) >= 11 is 0. The second kappa shape index (κ2) is 6.54. The zero-order valence-corrected chi connectivity index (χ0v) is 14.7. The number of hydrogen-bond acceptors (Lipinski definition) is 4. The predicted molar refractivity (Wildman–Crippen MR) is 98.4 cm³/mol. The van der Waals surface area contributed by atoms with E-state index in [0.29, 0.717) is 18.2 Å². The van der Waals surface area contributed by atoms with E-state index in [1.54, 1.807) is 30.5 Å². The van der Waals surface area contributed by atoms with Gasteiger partial charge in [0.15, 0.2) is 0 Å². The van der Waals surface area contributed by atoms with Gasteiger partial charge in [0.1, 0.15) is 0 Å². The van der Waals surface area contributed by atoms with Gasteiger partial charge in [-0.25, -0.2) is 13.1 Å². The second-order valence-corrected chi connectivity index (χ2v) is 8.22. The fraction of sp³-hybridized carbons (Fsp3) is 0.222. The van der Waals surface area contributed by atoms with Crippen molar-refractivity contribution < 1.29 is 13.2 Å². The molecule has 0 aliphatic heterocycles. The predicted octanol–water partition coefficient (Wildman–Crippen LogP) is 2.50. The zero-order chi connectivity index (χ0) is 18.1. The van der Waals surface area contributed by atoms with Crippen molar-refractivity contribution in [2.45, 2.75) is 17.7 Å². The fourth-order valence-corrected chi connectivity index (χ4v) is 3.82. The van der Waals surface area contributed by atoms with Gasteiger partial charge in [-0.05, 0) is 55.2 Å². The van der Waals surface area contributed by atoms with Gasteiger partial charge in [0.2, 0.25) is 10.0 Å². The van der Waals surface area contributed by atoms with Crippen molar-refractivity contribution in [1.82, 2.24) is 14.9 Å². The van der Waals surface area contributed by atoms with Gasteiger partial charge in [0.25, 0.3) is 5.91 Å². The van der Waals surface area contributed by atoms with Gasteiger partial charge >= 0.3 is 0 Å². The first-order chi connectivity index (χ1) is 12.5. The van der Waals surface area contributed by atoms with E-state index >= 15 is 0 Å². The van der Waals surface area contributed by atoms with Crippen molar-refractivity contribution in [2.75, 3.05) is 11.9 Å². The molecule has 0 atom stereocenters. The number of aromatic amines is 1. The number of fused-ring (bicyclic) bond motifs is 1. The third kappa shape index (κ3) is 3.61. The molecular weight excluding hydrogens is 352 g/mol. The number of nitrogens with zero attached hydrogens (tertiary/aromatic N) is 1. The minimum absolute atomic E-state index is 0.0936. The van der Waals surface area contributed by atoms with Crippen LogP contribution in [0.4, 0.5) is 5.69 Å². The van der Waals surface area contributed by atoms with Crippen molar-refractivity contribution in [1.29, 1.82) is 0 Å². The number of anilines is 1. The van der Waals surface area contributed by atoms with E-state index < -0.39 is 10.0 Å². The molecule has 3 aromatic rings. The molecule has 0 spiro atoms. The van der Waals surface area contributed by atoms with Gasteiger partial charge in [0.05, 0.1) is 16.6 Å². The Morgan fingerprint density at radius 3 is 2.85 bits per heavy atom. The monoisotopic (exact) mass is 370 g/mol. The van der Waals surface area contributed by atoms with Gasteiger partial charge in [-0.15, -0.1) is 0 Å². The maximum absolute atomic E-state index is 12.5. The van der Waals surface area contributed by atoms with Crippen LogP contribution in [0, 0.1) is 5.92 Å². The molecule has 7 nitrogen and oxygen atoms in total. The van der Waals surface area contributed by atoms with Crippen LogP contribution in [0.5, 0.6) is 0 Å². The topological polar surface area (TPSA) is 104 Å².